The topological polar surface area (TPSA) is 36.3 Å². The lowest BCUT2D eigenvalue weighted by molar-refractivity contribution is 0.173. The number of benzene rings is 1. The van der Waals surface area contributed by atoms with Crippen molar-refractivity contribution in [2.45, 2.75) is 13.8 Å². The van der Waals surface area contributed by atoms with E-state index in [0.717, 1.165) is 28.4 Å². The zero-order valence-corrected chi connectivity index (χ0v) is 9.23. The van der Waals surface area contributed by atoms with Crippen molar-refractivity contribution < 1.29 is 9.47 Å². The molecule has 1 aromatic heterocycles. The summed E-state index contributed by atoms with van der Waals surface area (Å²) in [5.74, 6) is 1.64. The maximum Gasteiger partial charge on any atom is 0.231 e. The lowest BCUT2D eigenvalue weighted by atomic mass is 10.2. The van der Waals surface area contributed by atoms with Crippen molar-refractivity contribution in [2.24, 2.45) is 0 Å². The molecule has 0 fully saturated rings. The van der Waals surface area contributed by atoms with Gasteiger partial charge in [0, 0.05) is 6.20 Å². The zero-order valence-electron chi connectivity index (χ0n) is 9.23. The van der Waals surface area contributed by atoms with Crippen molar-refractivity contribution in [2.75, 3.05) is 6.79 Å². The average molecular weight is 216 g/mol. The maximum absolute atomic E-state index is 5.50. The van der Waals surface area contributed by atoms with E-state index in [-0.39, 0.29) is 0 Å². The molecular formula is C12H12N2O2. The highest BCUT2D eigenvalue weighted by molar-refractivity contribution is 5.60. The van der Waals surface area contributed by atoms with Crippen molar-refractivity contribution in [3.8, 4) is 17.2 Å². The average Bonchev–Trinajstić information content (AvgIpc) is 2.87. The second kappa shape index (κ2) is 3.27. The van der Waals surface area contributed by atoms with E-state index in [9.17, 15) is 0 Å². The fraction of sp³-hybridized carbons (Fsp3) is 0.250. The first-order valence-corrected chi connectivity index (χ1v) is 5.16. The molecule has 0 N–H and O–H groups in total. The van der Waals surface area contributed by atoms with Gasteiger partial charge in [-0.1, -0.05) is 6.07 Å². The van der Waals surface area contributed by atoms with Crippen LogP contribution in [0.1, 0.15) is 11.3 Å². The van der Waals surface area contributed by atoms with Crippen LogP contribution < -0.4 is 9.47 Å². The molecule has 82 valence electrons. The Bertz CT molecular complexity index is 546. The Labute approximate surface area is 93.4 Å². The lowest BCUT2D eigenvalue weighted by Crippen LogP contribution is -1.95. The minimum atomic E-state index is 0.293. The fourth-order valence-electron chi connectivity index (χ4n) is 1.87. The summed E-state index contributed by atoms with van der Waals surface area (Å²) in [5.41, 5.74) is 3.04. The highest BCUT2D eigenvalue weighted by atomic mass is 16.7. The third-order valence-electron chi connectivity index (χ3n) is 2.68. The third-order valence-corrected chi connectivity index (χ3v) is 2.68. The van der Waals surface area contributed by atoms with Gasteiger partial charge in [0.2, 0.25) is 6.79 Å². The van der Waals surface area contributed by atoms with Crippen LogP contribution in [0.25, 0.3) is 5.69 Å². The molecule has 0 unspecified atom stereocenters. The Morgan fingerprint density at radius 2 is 2.00 bits per heavy atom. The molecule has 0 saturated carbocycles. The highest BCUT2D eigenvalue weighted by Crippen LogP contribution is 2.40. The molecule has 0 atom stereocenters. The van der Waals surface area contributed by atoms with Crippen LogP contribution in [0.3, 0.4) is 0 Å². The van der Waals surface area contributed by atoms with E-state index < -0.39 is 0 Å². The van der Waals surface area contributed by atoms with Crippen LogP contribution in [0.5, 0.6) is 11.5 Å². The Morgan fingerprint density at radius 3 is 2.75 bits per heavy atom. The molecule has 0 saturated heterocycles. The minimum absolute atomic E-state index is 0.293. The minimum Gasteiger partial charge on any atom is -0.453 e. The van der Waals surface area contributed by atoms with Gasteiger partial charge in [0.05, 0.1) is 17.7 Å². The Balaban J connectivity index is 2.19. The number of imidazole rings is 1. The monoisotopic (exact) mass is 216 g/mol. The summed E-state index contributed by atoms with van der Waals surface area (Å²) < 4.78 is 12.9. The molecule has 2 aromatic rings. The Morgan fingerprint density at radius 1 is 1.19 bits per heavy atom. The molecule has 0 spiro atoms. The van der Waals surface area contributed by atoms with E-state index >= 15 is 0 Å². The van der Waals surface area contributed by atoms with Gasteiger partial charge in [0.15, 0.2) is 11.5 Å². The van der Waals surface area contributed by atoms with E-state index in [4.69, 9.17) is 9.47 Å². The number of ether oxygens (including phenoxy) is 2. The second-order valence-corrected chi connectivity index (χ2v) is 3.89. The zero-order chi connectivity index (χ0) is 11.1. The summed E-state index contributed by atoms with van der Waals surface area (Å²) in [7, 11) is 0. The van der Waals surface area contributed by atoms with Crippen molar-refractivity contribution in [1.82, 2.24) is 9.55 Å². The van der Waals surface area contributed by atoms with Gasteiger partial charge < -0.3 is 14.0 Å². The van der Waals surface area contributed by atoms with Crippen LogP contribution in [0.15, 0.2) is 24.7 Å². The van der Waals surface area contributed by atoms with E-state index in [1.807, 2.05) is 36.7 Å². The second-order valence-electron chi connectivity index (χ2n) is 3.89. The maximum atomic E-state index is 5.50. The van der Waals surface area contributed by atoms with Crippen molar-refractivity contribution in [3.05, 3.63) is 35.9 Å². The van der Waals surface area contributed by atoms with E-state index in [0.29, 0.717) is 6.79 Å². The lowest BCUT2D eigenvalue weighted by Gasteiger charge is -2.07. The first-order valence-electron chi connectivity index (χ1n) is 5.16. The quantitative estimate of drug-likeness (QED) is 0.733. The van der Waals surface area contributed by atoms with Gasteiger partial charge in [0.25, 0.3) is 0 Å². The van der Waals surface area contributed by atoms with Crippen molar-refractivity contribution in [1.29, 1.82) is 0 Å². The van der Waals surface area contributed by atoms with Crippen LogP contribution in [0, 0.1) is 13.8 Å². The number of aromatic nitrogens is 2. The highest BCUT2D eigenvalue weighted by Gasteiger charge is 2.20. The summed E-state index contributed by atoms with van der Waals surface area (Å²) >= 11 is 0. The smallest absolute Gasteiger partial charge is 0.231 e. The normalized spacial score (nSPS) is 13.1. The molecule has 1 aliphatic heterocycles. The molecule has 0 aliphatic carbocycles. The molecule has 0 amide bonds. The number of fused-ring (bicyclic) bond motifs is 1. The summed E-state index contributed by atoms with van der Waals surface area (Å²) in [5, 5.41) is 0. The fourth-order valence-corrected chi connectivity index (χ4v) is 1.87. The Kier molecular flexibility index (Phi) is 1.89. The van der Waals surface area contributed by atoms with Crippen LogP contribution in [-0.2, 0) is 0 Å². The standard InChI is InChI=1S/C12H12N2O2/c1-8-3-4-10(12-11(8)15-7-16-12)14-5-9(2)13-6-14/h3-6H,7H2,1-2H3. The molecule has 1 aromatic carbocycles. The van der Waals surface area contributed by atoms with Crippen LogP contribution >= 0.6 is 0 Å². The van der Waals surface area contributed by atoms with Crippen LogP contribution in [0.4, 0.5) is 0 Å². The van der Waals surface area contributed by atoms with Gasteiger partial charge in [-0.25, -0.2) is 4.98 Å². The summed E-state index contributed by atoms with van der Waals surface area (Å²) in [4.78, 5) is 4.21. The molecule has 0 bridgehead atoms. The predicted molar refractivity (Wildman–Crippen MR) is 59.2 cm³/mol. The van der Waals surface area contributed by atoms with E-state index in [1.165, 1.54) is 0 Å². The molecule has 4 nitrogen and oxygen atoms in total. The predicted octanol–water partition coefficient (Wildman–Crippen LogP) is 2.22. The molecule has 1 aliphatic rings. The largest absolute Gasteiger partial charge is 0.453 e. The summed E-state index contributed by atoms with van der Waals surface area (Å²) in [6.45, 7) is 4.26. The molecular weight excluding hydrogens is 204 g/mol. The SMILES string of the molecule is Cc1cn(-c2ccc(C)c3c2OCO3)cn1. The van der Waals surface area contributed by atoms with Gasteiger partial charge in [0.1, 0.15) is 0 Å². The number of rotatable bonds is 1. The van der Waals surface area contributed by atoms with Gasteiger partial charge >= 0.3 is 0 Å². The van der Waals surface area contributed by atoms with Crippen molar-refractivity contribution >= 4 is 0 Å². The third kappa shape index (κ3) is 1.26. The number of nitrogens with zero attached hydrogens (tertiary/aromatic N) is 2. The molecule has 0 radical (unpaired) electrons. The number of aryl methyl sites for hydroxylation is 2. The van der Waals surface area contributed by atoms with E-state index in [2.05, 4.69) is 4.98 Å². The van der Waals surface area contributed by atoms with Crippen LogP contribution in [0.2, 0.25) is 0 Å². The summed E-state index contributed by atoms with van der Waals surface area (Å²) in [6, 6.07) is 4.04. The van der Waals surface area contributed by atoms with Crippen molar-refractivity contribution in [3.63, 3.8) is 0 Å². The van der Waals surface area contributed by atoms with Crippen LogP contribution in [-0.4, -0.2) is 16.3 Å². The Hall–Kier alpha value is -1.97. The van der Waals surface area contributed by atoms with Gasteiger partial charge in [-0.05, 0) is 25.5 Å². The van der Waals surface area contributed by atoms with Gasteiger partial charge in [-0.3, -0.25) is 0 Å². The first kappa shape index (κ1) is 9.27. The van der Waals surface area contributed by atoms with E-state index in [1.54, 1.807) is 6.33 Å². The summed E-state index contributed by atoms with van der Waals surface area (Å²) in [6.07, 6.45) is 3.74. The first-order chi connectivity index (χ1) is 7.75. The molecule has 4 heteroatoms. The number of hydrogen-bond acceptors (Lipinski definition) is 3. The van der Waals surface area contributed by atoms with Gasteiger partial charge in [-0.15, -0.1) is 0 Å². The molecule has 2 heterocycles. The molecule has 16 heavy (non-hydrogen) atoms. The number of hydrogen-bond donors (Lipinski definition) is 0. The molecule has 3 rings (SSSR count). The van der Waals surface area contributed by atoms with Gasteiger partial charge in [-0.2, -0.15) is 0 Å².